The summed E-state index contributed by atoms with van der Waals surface area (Å²) in [5, 5.41) is 10.3. The summed E-state index contributed by atoms with van der Waals surface area (Å²) in [7, 11) is 0. The molecule has 4 aromatic carbocycles. The molecule has 0 unspecified atom stereocenters. The van der Waals surface area contributed by atoms with Crippen molar-refractivity contribution in [3.05, 3.63) is 95.3 Å². The highest BCUT2D eigenvalue weighted by atomic mass is 19.1. The van der Waals surface area contributed by atoms with Crippen LogP contribution in [0.1, 0.15) is 30.9 Å². The first-order valence-corrected chi connectivity index (χ1v) is 10.2. The third-order valence-corrected chi connectivity index (χ3v) is 5.52. The average Bonchev–Trinajstić information content (AvgIpc) is 2.78. The van der Waals surface area contributed by atoms with Crippen LogP contribution in [0, 0.1) is 28.8 Å². The topological polar surface area (TPSA) is 23.8 Å². The van der Waals surface area contributed by atoms with E-state index in [-0.39, 0.29) is 5.82 Å². The monoisotopic (exact) mass is 415 g/mol. The van der Waals surface area contributed by atoms with Gasteiger partial charge in [0.2, 0.25) is 0 Å². The Hall–Kier alpha value is -3.58. The smallest absolute Gasteiger partial charge is 0.144 e. The van der Waals surface area contributed by atoms with Gasteiger partial charge in [0.05, 0.1) is 0 Å². The third-order valence-electron chi connectivity index (χ3n) is 5.52. The molecular formula is C27H20F3N. The van der Waals surface area contributed by atoms with Gasteiger partial charge in [0, 0.05) is 10.9 Å². The molecule has 0 bridgehead atoms. The summed E-state index contributed by atoms with van der Waals surface area (Å²) < 4.78 is 43.1. The highest BCUT2D eigenvalue weighted by Crippen LogP contribution is 2.32. The molecule has 0 N–H and O–H groups in total. The zero-order valence-corrected chi connectivity index (χ0v) is 17.1. The number of hydrogen-bond donors (Lipinski definition) is 0. The van der Waals surface area contributed by atoms with Crippen LogP contribution in [0.25, 0.3) is 33.0 Å². The predicted molar refractivity (Wildman–Crippen MR) is 118 cm³/mol. The second-order valence-electron chi connectivity index (χ2n) is 7.59. The van der Waals surface area contributed by atoms with Gasteiger partial charge < -0.3 is 0 Å². The Bertz CT molecular complexity index is 1280. The summed E-state index contributed by atoms with van der Waals surface area (Å²) in [5.41, 5.74) is 2.64. The van der Waals surface area contributed by atoms with E-state index in [1.54, 1.807) is 30.3 Å². The second kappa shape index (κ2) is 8.65. The lowest BCUT2D eigenvalue weighted by Gasteiger charge is -2.10. The van der Waals surface area contributed by atoms with Crippen LogP contribution >= 0.6 is 0 Å². The van der Waals surface area contributed by atoms with Crippen LogP contribution in [0.3, 0.4) is 0 Å². The fourth-order valence-corrected chi connectivity index (χ4v) is 3.79. The predicted octanol–water partition coefficient (Wildman–Crippen LogP) is 7.81. The first kappa shape index (κ1) is 20.7. The molecule has 4 rings (SSSR count). The maximum atomic E-state index is 15.2. The number of aryl methyl sites for hydroxylation is 1. The highest BCUT2D eigenvalue weighted by molar-refractivity contribution is 5.89. The number of rotatable bonds is 5. The normalized spacial score (nSPS) is 10.9. The average molecular weight is 415 g/mol. The third kappa shape index (κ3) is 4.04. The molecular weight excluding hydrogens is 395 g/mol. The quantitative estimate of drug-likeness (QED) is 0.326. The van der Waals surface area contributed by atoms with Gasteiger partial charge in [-0.2, -0.15) is 5.26 Å². The summed E-state index contributed by atoms with van der Waals surface area (Å²) in [6.45, 7) is 2.15. The second-order valence-corrected chi connectivity index (χ2v) is 7.59. The summed E-state index contributed by atoms with van der Waals surface area (Å²) >= 11 is 0. The minimum absolute atomic E-state index is 0.289. The van der Waals surface area contributed by atoms with E-state index in [1.165, 1.54) is 11.6 Å². The van der Waals surface area contributed by atoms with Gasteiger partial charge in [-0.05, 0) is 52.6 Å². The number of benzene rings is 4. The molecule has 0 aliphatic carbocycles. The van der Waals surface area contributed by atoms with Crippen molar-refractivity contribution in [2.75, 3.05) is 0 Å². The first-order valence-electron chi connectivity index (χ1n) is 10.2. The summed E-state index contributed by atoms with van der Waals surface area (Å²) in [6, 6.07) is 20.1. The Labute approximate surface area is 179 Å². The van der Waals surface area contributed by atoms with E-state index in [0.29, 0.717) is 27.6 Å². The molecule has 4 heteroatoms. The van der Waals surface area contributed by atoms with Crippen LogP contribution in [-0.2, 0) is 6.42 Å². The van der Waals surface area contributed by atoms with E-state index < -0.39 is 17.2 Å². The van der Waals surface area contributed by atoms with Crippen molar-refractivity contribution in [1.82, 2.24) is 0 Å². The van der Waals surface area contributed by atoms with Gasteiger partial charge in [-0.3, -0.25) is 0 Å². The van der Waals surface area contributed by atoms with Crippen LogP contribution < -0.4 is 0 Å². The Kier molecular flexibility index (Phi) is 5.77. The first-order chi connectivity index (χ1) is 15.0. The van der Waals surface area contributed by atoms with Gasteiger partial charge in [-0.15, -0.1) is 0 Å². The van der Waals surface area contributed by atoms with Crippen LogP contribution in [-0.4, -0.2) is 0 Å². The molecule has 0 amide bonds. The van der Waals surface area contributed by atoms with E-state index >= 15 is 4.39 Å². The molecule has 0 fully saturated rings. The van der Waals surface area contributed by atoms with Crippen LogP contribution in [0.2, 0.25) is 0 Å². The van der Waals surface area contributed by atoms with Gasteiger partial charge in [0.1, 0.15) is 29.1 Å². The Morgan fingerprint density at radius 1 is 0.774 bits per heavy atom. The SMILES string of the molecule is CCCCc1ccc2c(F)c(-c3ccc(-c4cc(F)c(C#N)c(F)c4)cc3)ccc2c1. The maximum absolute atomic E-state index is 15.2. The molecule has 31 heavy (non-hydrogen) atoms. The van der Waals surface area contributed by atoms with Crippen molar-refractivity contribution in [2.24, 2.45) is 0 Å². The number of hydrogen-bond acceptors (Lipinski definition) is 1. The lowest BCUT2D eigenvalue weighted by Crippen LogP contribution is -1.92. The largest absolute Gasteiger partial charge is 0.206 e. The van der Waals surface area contributed by atoms with Crippen molar-refractivity contribution in [3.8, 4) is 28.3 Å². The van der Waals surface area contributed by atoms with Crippen molar-refractivity contribution >= 4 is 10.8 Å². The van der Waals surface area contributed by atoms with E-state index in [2.05, 4.69) is 6.92 Å². The van der Waals surface area contributed by atoms with Crippen molar-refractivity contribution < 1.29 is 13.2 Å². The summed E-state index contributed by atoms with van der Waals surface area (Å²) in [6.07, 6.45) is 3.20. The van der Waals surface area contributed by atoms with Gasteiger partial charge >= 0.3 is 0 Å². The van der Waals surface area contributed by atoms with Crippen LogP contribution in [0.4, 0.5) is 13.2 Å². The molecule has 0 saturated heterocycles. The Morgan fingerprint density at radius 2 is 1.45 bits per heavy atom. The molecule has 0 atom stereocenters. The fraction of sp³-hybridized carbons (Fsp3) is 0.148. The van der Waals surface area contributed by atoms with Gasteiger partial charge in [-0.1, -0.05) is 67.9 Å². The number of nitrogens with zero attached hydrogens (tertiary/aromatic N) is 1. The van der Waals surface area contributed by atoms with Gasteiger partial charge in [-0.25, -0.2) is 13.2 Å². The lowest BCUT2D eigenvalue weighted by molar-refractivity contribution is 0.577. The maximum Gasteiger partial charge on any atom is 0.144 e. The fourth-order valence-electron chi connectivity index (χ4n) is 3.79. The summed E-state index contributed by atoms with van der Waals surface area (Å²) in [5.74, 6) is -2.09. The molecule has 1 nitrogen and oxygen atoms in total. The van der Waals surface area contributed by atoms with Gasteiger partial charge in [0.25, 0.3) is 0 Å². The molecule has 154 valence electrons. The number of fused-ring (bicyclic) bond motifs is 1. The Morgan fingerprint density at radius 3 is 2.10 bits per heavy atom. The molecule has 0 radical (unpaired) electrons. The number of nitriles is 1. The molecule has 4 aromatic rings. The van der Waals surface area contributed by atoms with E-state index in [4.69, 9.17) is 5.26 Å². The zero-order chi connectivity index (χ0) is 22.0. The van der Waals surface area contributed by atoms with E-state index in [9.17, 15) is 8.78 Å². The minimum atomic E-state index is -0.902. The minimum Gasteiger partial charge on any atom is -0.206 e. The zero-order valence-electron chi connectivity index (χ0n) is 17.1. The van der Waals surface area contributed by atoms with Crippen molar-refractivity contribution in [3.63, 3.8) is 0 Å². The molecule has 0 aliphatic heterocycles. The van der Waals surface area contributed by atoms with Crippen molar-refractivity contribution in [1.29, 1.82) is 5.26 Å². The standard InChI is InChI=1S/C27H20F3N/c1-2-3-4-17-5-11-23-20(13-17)10-12-22(27(23)30)19-8-6-18(7-9-19)21-14-25(28)24(16-31)26(29)15-21/h5-15H,2-4H2,1H3. The summed E-state index contributed by atoms with van der Waals surface area (Å²) in [4.78, 5) is 0. The molecule has 0 saturated carbocycles. The van der Waals surface area contributed by atoms with Gasteiger partial charge in [0.15, 0.2) is 0 Å². The highest BCUT2D eigenvalue weighted by Gasteiger charge is 2.13. The molecule has 0 aliphatic rings. The van der Waals surface area contributed by atoms with E-state index in [1.807, 2.05) is 24.3 Å². The number of unbranched alkanes of at least 4 members (excludes halogenated alkanes) is 1. The molecule has 0 aromatic heterocycles. The van der Waals surface area contributed by atoms with Crippen LogP contribution in [0.15, 0.2) is 66.7 Å². The van der Waals surface area contributed by atoms with E-state index in [0.717, 1.165) is 36.8 Å². The molecule has 0 heterocycles. The number of halogens is 3. The van der Waals surface area contributed by atoms with Crippen LogP contribution in [0.5, 0.6) is 0 Å². The Balaban J connectivity index is 1.68. The molecule has 0 spiro atoms. The van der Waals surface area contributed by atoms with Crippen molar-refractivity contribution in [2.45, 2.75) is 26.2 Å². The lowest BCUT2D eigenvalue weighted by atomic mass is 9.96.